The van der Waals surface area contributed by atoms with E-state index in [9.17, 15) is 0 Å². The molecule has 0 spiro atoms. The van der Waals surface area contributed by atoms with E-state index in [1.807, 2.05) is 4.68 Å². The van der Waals surface area contributed by atoms with E-state index in [4.69, 9.17) is 14.7 Å². The van der Waals surface area contributed by atoms with Crippen LogP contribution in [0.4, 0.5) is 0 Å². The predicted molar refractivity (Wildman–Crippen MR) is 73.3 cm³/mol. The lowest BCUT2D eigenvalue weighted by Gasteiger charge is -2.25. The van der Waals surface area contributed by atoms with E-state index in [2.05, 4.69) is 23.3 Å². The molecule has 110 valence electrons. The minimum absolute atomic E-state index is 0.229. The molecule has 1 atom stereocenters. The molecule has 20 heavy (non-hydrogen) atoms. The molecule has 6 heteroatoms. The number of methoxy groups -OCH3 is 1. The van der Waals surface area contributed by atoms with Crippen molar-refractivity contribution in [3.63, 3.8) is 0 Å². The lowest BCUT2D eigenvalue weighted by Crippen LogP contribution is -2.21. The Morgan fingerprint density at radius 2 is 2.25 bits per heavy atom. The van der Waals surface area contributed by atoms with Gasteiger partial charge in [0.15, 0.2) is 0 Å². The number of aromatic nitrogens is 3. The smallest absolute Gasteiger partial charge is 0.100 e. The van der Waals surface area contributed by atoms with Crippen LogP contribution in [0.25, 0.3) is 0 Å². The van der Waals surface area contributed by atoms with E-state index in [0.717, 1.165) is 43.9 Å². The average molecular weight is 278 g/mol. The molecule has 0 amide bonds. The summed E-state index contributed by atoms with van der Waals surface area (Å²) in [5, 5.41) is 17.5. The van der Waals surface area contributed by atoms with Crippen molar-refractivity contribution in [1.29, 1.82) is 5.26 Å². The first-order chi connectivity index (χ1) is 9.77. The summed E-state index contributed by atoms with van der Waals surface area (Å²) in [6, 6.07) is 2.42. The number of nitriles is 1. The summed E-state index contributed by atoms with van der Waals surface area (Å²) >= 11 is 0. The maximum absolute atomic E-state index is 8.96. The molecule has 0 saturated carbocycles. The standard InChI is InChI=1S/C14H22N4O2/c1-11(4-8-19-2)18-14(12-5-9-20-10-6-12)13(3-7-15)16-17-18/h11-12H,3-6,8-10H2,1-2H3. The Hall–Kier alpha value is -1.45. The quantitative estimate of drug-likeness (QED) is 0.793. The molecule has 1 aromatic heterocycles. The van der Waals surface area contributed by atoms with Crippen molar-refractivity contribution in [2.24, 2.45) is 0 Å². The molecule has 1 fully saturated rings. The van der Waals surface area contributed by atoms with E-state index in [1.165, 1.54) is 0 Å². The van der Waals surface area contributed by atoms with E-state index < -0.39 is 0 Å². The molecule has 0 aromatic carbocycles. The fourth-order valence-electron chi connectivity index (χ4n) is 2.66. The Morgan fingerprint density at radius 1 is 1.50 bits per heavy atom. The van der Waals surface area contributed by atoms with Crippen LogP contribution in [0.5, 0.6) is 0 Å². The van der Waals surface area contributed by atoms with Crippen molar-refractivity contribution in [1.82, 2.24) is 15.0 Å². The van der Waals surface area contributed by atoms with E-state index >= 15 is 0 Å². The zero-order valence-electron chi connectivity index (χ0n) is 12.2. The fourth-order valence-corrected chi connectivity index (χ4v) is 2.66. The van der Waals surface area contributed by atoms with Crippen molar-refractivity contribution < 1.29 is 9.47 Å². The van der Waals surface area contributed by atoms with Crippen molar-refractivity contribution >= 4 is 0 Å². The van der Waals surface area contributed by atoms with Crippen molar-refractivity contribution in [2.75, 3.05) is 26.9 Å². The fraction of sp³-hybridized carbons (Fsp3) is 0.786. The first-order valence-electron chi connectivity index (χ1n) is 7.15. The molecule has 0 aliphatic carbocycles. The third-order valence-corrected chi connectivity index (χ3v) is 3.82. The second-order valence-electron chi connectivity index (χ2n) is 5.22. The van der Waals surface area contributed by atoms with Gasteiger partial charge in [0, 0.05) is 32.8 Å². The number of rotatable bonds is 6. The second-order valence-corrected chi connectivity index (χ2v) is 5.22. The highest BCUT2D eigenvalue weighted by atomic mass is 16.5. The van der Waals surface area contributed by atoms with E-state index in [-0.39, 0.29) is 6.04 Å². The first-order valence-corrected chi connectivity index (χ1v) is 7.15. The molecule has 2 rings (SSSR count). The normalized spacial score (nSPS) is 17.9. The van der Waals surface area contributed by atoms with Crippen LogP contribution in [-0.4, -0.2) is 41.9 Å². The predicted octanol–water partition coefficient (Wildman–Crippen LogP) is 1.84. The largest absolute Gasteiger partial charge is 0.385 e. The summed E-state index contributed by atoms with van der Waals surface area (Å²) in [7, 11) is 1.70. The summed E-state index contributed by atoms with van der Waals surface area (Å²) < 4.78 is 12.6. The number of nitrogens with zero attached hydrogens (tertiary/aromatic N) is 4. The van der Waals surface area contributed by atoms with Gasteiger partial charge in [-0.15, -0.1) is 5.10 Å². The van der Waals surface area contributed by atoms with Crippen LogP contribution in [0.3, 0.4) is 0 Å². The van der Waals surface area contributed by atoms with Crippen LogP contribution >= 0.6 is 0 Å². The molecular weight excluding hydrogens is 256 g/mol. The Bertz CT molecular complexity index is 460. The van der Waals surface area contributed by atoms with Crippen molar-refractivity contribution in [3.05, 3.63) is 11.4 Å². The highest BCUT2D eigenvalue weighted by Gasteiger charge is 2.26. The van der Waals surface area contributed by atoms with Crippen LogP contribution < -0.4 is 0 Å². The molecule has 1 aliphatic heterocycles. The minimum atomic E-state index is 0.229. The van der Waals surface area contributed by atoms with Gasteiger partial charge in [-0.25, -0.2) is 4.68 Å². The SMILES string of the molecule is COCCC(C)n1nnc(CC#N)c1C1CCOCC1. The molecule has 1 unspecified atom stereocenters. The minimum Gasteiger partial charge on any atom is -0.385 e. The van der Waals surface area contributed by atoms with Gasteiger partial charge in [-0.1, -0.05) is 5.21 Å². The van der Waals surface area contributed by atoms with Gasteiger partial charge < -0.3 is 9.47 Å². The lowest BCUT2D eigenvalue weighted by molar-refractivity contribution is 0.0826. The summed E-state index contributed by atoms with van der Waals surface area (Å²) in [6.07, 6.45) is 3.16. The average Bonchev–Trinajstić information content (AvgIpc) is 2.90. The van der Waals surface area contributed by atoms with Crippen molar-refractivity contribution in [2.45, 2.75) is 44.6 Å². The third kappa shape index (κ3) is 3.35. The monoisotopic (exact) mass is 278 g/mol. The zero-order chi connectivity index (χ0) is 14.4. The molecule has 1 aromatic rings. The first kappa shape index (κ1) is 14.9. The number of hydrogen-bond donors (Lipinski definition) is 0. The topological polar surface area (TPSA) is 73.0 Å². The molecule has 0 bridgehead atoms. The molecule has 0 N–H and O–H groups in total. The highest BCUT2D eigenvalue weighted by Crippen LogP contribution is 2.31. The summed E-state index contributed by atoms with van der Waals surface area (Å²) in [6.45, 7) is 4.36. The van der Waals surface area contributed by atoms with Gasteiger partial charge in [-0.2, -0.15) is 5.26 Å². The summed E-state index contributed by atoms with van der Waals surface area (Å²) in [5.41, 5.74) is 1.95. The molecule has 1 saturated heterocycles. The Morgan fingerprint density at radius 3 is 2.90 bits per heavy atom. The maximum atomic E-state index is 8.96. The van der Waals surface area contributed by atoms with Crippen LogP contribution in [0.15, 0.2) is 0 Å². The van der Waals surface area contributed by atoms with Gasteiger partial charge in [-0.05, 0) is 26.2 Å². The van der Waals surface area contributed by atoms with Gasteiger partial charge in [0.1, 0.15) is 5.69 Å². The van der Waals surface area contributed by atoms with Gasteiger partial charge in [0.25, 0.3) is 0 Å². The van der Waals surface area contributed by atoms with Crippen molar-refractivity contribution in [3.8, 4) is 6.07 Å². The van der Waals surface area contributed by atoms with Crippen LogP contribution in [0.1, 0.15) is 49.5 Å². The Balaban J connectivity index is 2.24. The zero-order valence-corrected chi connectivity index (χ0v) is 12.2. The summed E-state index contributed by atoms with van der Waals surface area (Å²) in [4.78, 5) is 0. The molecule has 6 nitrogen and oxygen atoms in total. The lowest BCUT2D eigenvalue weighted by atomic mass is 9.93. The molecule has 1 aliphatic rings. The molecule has 0 radical (unpaired) electrons. The van der Waals surface area contributed by atoms with Gasteiger partial charge in [0.2, 0.25) is 0 Å². The van der Waals surface area contributed by atoms with Gasteiger partial charge in [-0.3, -0.25) is 0 Å². The second kappa shape index (κ2) is 7.36. The third-order valence-electron chi connectivity index (χ3n) is 3.82. The van der Waals surface area contributed by atoms with Gasteiger partial charge >= 0.3 is 0 Å². The maximum Gasteiger partial charge on any atom is 0.100 e. The Labute approximate surface area is 119 Å². The molecule has 2 heterocycles. The van der Waals surface area contributed by atoms with E-state index in [0.29, 0.717) is 18.9 Å². The van der Waals surface area contributed by atoms with E-state index in [1.54, 1.807) is 7.11 Å². The summed E-state index contributed by atoms with van der Waals surface area (Å²) in [5.74, 6) is 0.395. The van der Waals surface area contributed by atoms with Crippen LogP contribution in [-0.2, 0) is 15.9 Å². The number of ether oxygens (including phenoxy) is 2. The number of hydrogen-bond acceptors (Lipinski definition) is 5. The highest BCUT2D eigenvalue weighted by molar-refractivity contribution is 5.20. The van der Waals surface area contributed by atoms with Crippen LogP contribution in [0, 0.1) is 11.3 Å². The Kier molecular flexibility index (Phi) is 5.50. The molecular formula is C14H22N4O2. The van der Waals surface area contributed by atoms with Gasteiger partial charge in [0.05, 0.1) is 24.2 Å². The van der Waals surface area contributed by atoms with Crippen LogP contribution in [0.2, 0.25) is 0 Å².